The summed E-state index contributed by atoms with van der Waals surface area (Å²) in [5.41, 5.74) is 7.29. The van der Waals surface area contributed by atoms with Gasteiger partial charge in [-0.05, 0) is 144 Å². The number of rotatable bonds is 13. The number of ether oxygens (including phenoxy) is 3. The lowest BCUT2D eigenvalue weighted by molar-refractivity contribution is 0.00335. The van der Waals surface area contributed by atoms with Crippen molar-refractivity contribution in [2.24, 2.45) is 5.92 Å². The number of hydrogen-bond acceptors (Lipinski definition) is 16. The van der Waals surface area contributed by atoms with Gasteiger partial charge in [0.1, 0.15) is 23.3 Å². The fraction of sp³-hybridized carbons (Fsp3) is 0.593. The van der Waals surface area contributed by atoms with Gasteiger partial charge < -0.3 is 39.3 Å². The van der Waals surface area contributed by atoms with Gasteiger partial charge in [0.25, 0.3) is 0 Å². The summed E-state index contributed by atoms with van der Waals surface area (Å²) in [7, 11) is 0. The van der Waals surface area contributed by atoms with Gasteiger partial charge in [0, 0.05) is 74.1 Å². The summed E-state index contributed by atoms with van der Waals surface area (Å²) in [6.45, 7) is 15.8. The van der Waals surface area contributed by atoms with E-state index < -0.39 is 6.10 Å². The van der Waals surface area contributed by atoms with Crippen molar-refractivity contribution in [2.45, 2.75) is 108 Å². The predicted octanol–water partition coefficient (Wildman–Crippen LogP) is 4.27. The SMILES string of the molecule is Cc1nc(N2CCOC(CO)C2)cc(-n2ncc3cc(CCc4nc(N5CC(C(C)O)C5)cc(-n5ncc6cc(C)c(C7CCN(C8CCOC8)CC7)cc65)n4)c(C4CCN(C5COCC5O)CC4)cc32)n1. The van der Waals surface area contributed by atoms with Crippen LogP contribution < -0.4 is 9.80 Å². The standard InChI is InChI=1S/C54H70N12O6/c1-33-18-39-24-55-66(46(39)20-44(33)36-6-11-61(12-7-36)42-10-16-70-30-42)54-23-52(64-26-41(27-64)34(2)68)59-50(60-54)5-4-38-19-40-25-56-65(53-22-51(57-35(3)58-53)63-15-17-72-43(28-63)29-67)47(40)21-45(38)37-8-13-62(14-9-37)48-31-71-32-49(48)69/h18-25,34,36-37,41-43,48-49,67-69H,4-17,26-32H2,1-3H3. The summed E-state index contributed by atoms with van der Waals surface area (Å²) in [6, 6.07) is 14.0. The summed E-state index contributed by atoms with van der Waals surface area (Å²) >= 11 is 0. The van der Waals surface area contributed by atoms with E-state index in [1.165, 1.54) is 22.3 Å². The molecule has 0 saturated carbocycles. The average molecular weight is 983 g/mol. The van der Waals surface area contributed by atoms with Crippen LogP contribution in [0.2, 0.25) is 0 Å². The summed E-state index contributed by atoms with van der Waals surface area (Å²) in [4.78, 5) is 29.7. The molecule has 0 radical (unpaired) electrons. The number of aliphatic hydroxyl groups is 3. The van der Waals surface area contributed by atoms with Crippen molar-refractivity contribution >= 4 is 33.4 Å². The maximum atomic E-state index is 10.7. The van der Waals surface area contributed by atoms with Gasteiger partial charge in [0.15, 0.2) is 11.6 Å². The molecule has 5 unspecified atom stereocenters. The van der Waals surface area contributed by atoms with Crippen LogP contribution in [0.4, 0.5) is 11.6 Å². The molecule has 0 bridgehead atoms. The van der Waals surface area contributed by atoms with E-state index in [4.69, 9.17) is 44.3 Å². The van der Waals surface area contributed by atoms with Gasteiger partial charge in [-0.1, -0.05) is 0 Å². The molecule has 6 saturated heterocycles. The number of hydrogen-bond donors (Lipinski definition) is 3. The fourth-order valence-corrected chi connectivity index (χ4v) is 12.5. The molecule has 6 aromatic rings. The lowest BCUT2D eigenvalue weighted by atomic mass is 9.84. The van der Waals surface area contributed by atoms with Crippen LogP contribution in [0.3, 0.4) is 0 Å². The van der Waals surface area contributed by atoms with Crippen molar-refractivity contribution in [2.75, 3.05) is 102 Å². The Bertz CT molecular complexity index is 2880. The van der Waals surface area contributed by atoms with Crippen LogP contribution in [-0.4, -0.2) is 187 Å². The Labute approximate surface area is 420 Å². The fourth-order valence-electron chi connectivity index (χ4n) is 12.5. The van der Waals surface area contributed by atoms with Gasteiger partial charge in [-0.2, -0.15) is 10.2 Å². The molecule has 6 aliphatic heterocycles. The quantitative estimate of drug-likeness (QED) is 0.149. The highest BCUT2D eigenvalue weighted by atomic mass is 16.5. The number of aryl methyl sites for hydroxylation is 4. The Kier molecular flexibility index (Phi) is 13.5. The number of fused-ring (bicyclic) bond motifs is 2. The van der Waals surface area contributed by atoms with Gasteiger partial charge in [-0.3, -0.25) is 9.80 Å². The maximum absolute atomic E-state index is 10.7. The normalized spacial score (nSPS) is 24.8. The molecular formula is C54H70N12O6. The molecule has 10 heterocycles. The van der Waals surface area contributed by atoms with Crippen molar-refractivity contribution in [3.63, 3.8) is 0 Å². The molecule has 3 N–H and O–H groups in total. The predicted molar refractivity (Wildman–Crippen MR) is 274 cm³/mol. The van der Waals surface area contributed by atoms with Crippen LogP contribution >= 0.6 is 0 Å². The molecule has 0 aliphatic carbocycles. The topological polar surface area (TPSA) is 189 Å². The molecule has 72 heavy (non-hydrogen) atoms. The first-order valence-corrected chi connectivity index (χ1v) is 26.6. The van der Waals surface area contributed by atoms with Crippen LogP contribution in [0.5, 0.6) is 0 Å². The van der Waals surface area contributed by atoms with Crippen molar-refractivity contribution in [3.8, 4) is 11.6 Å². The van der Waals surface area contributed by atoms with E-state index in [0.29, 0.717) is 62.9 Å². The number of benzene rings is 2. The number of aliphatic hydroxyl groups excluding tert-OH is 3. The lowest BCUT2D eigenvalue weighted by Gasteiger charge is -2.41. The van der Waals surface area contributed by atoms with E-state index in [0.717, 1.165) is 136 Å². The highest BCUT2D eigenvalue weighted by Gasteiger charge is 2.36. The van der Waals surface area contributed by atoms with E-state index in [2.05, 4.69) is 56.9 Å². The van der Waals surface area contributed by atoms with Crippen LogP contribution in [-0.2, 0) is 27.1 Å². The van der Waals surface area contributed by atoms with Crippen molar-refractivity contribution in [3.05, 3.63) is 82.7 Å². The second-order valence-corrected chi connectivity index (χ2v) is 21.5. The number of likely N-dealkylation sites (tertiary alicyclic amines) is 2. The monoisotopic (exact) mass is 983 g/mol. The van der Waals surface area contributed by atoms with Crippen LogP contribution in [0.25, 0.3) is 33.4 Å². The Morgan fingerprint density at radius 2 is 1.31 bits per heavy atom. The first kappa shape index (κ1) is 47.8. The molecule has 6 fully saturated rings. The number of piperidine rings is 2. The third-order valence-electron chi connectivity index (χ3n) is 16.8. The van der Waals surface area contributed by atoms with Crippen molar-refractivity contribution < 1.29 is 29.5 Å². The first-order valence-electron chi connectivity index (χ1n) is 26.6. The average Bonchev–Trinajstić information content (AvgIpc) is 4.23. The summed E-state index contributed by atoms with van der Waals surface area (Å²) in [5.74, 6) is 5.45. The molecule has 2 aromatic carbocycles. The number of nitrogens with zero attached hydrogens (tertiary/aromatic N) is 12. The molecule has 6 aliphatic rings. The van der Waals surface area contributed by atoms with E-state index in [9.17, 15) is 15.3 Å². The zero-order chi connectivity index (χ0) is 49.0. The Morgan fingerprint density at radius 1 is 0.653 bits per heavy atom. The first-order chi connectivity index (χ1) is 35.1. The minimum atomic E-state index is -0.461. The maximum Gasteiger partial charge on any atom is 0.159 e. The Morgan fingerprint density at radius 3 is 1.99 bits per heavy atom. The molecule has 0 spiro atoms. The molecule has 18 heteroatoms. The van der Waals surface area contributed by atoms with Gasteiger partial charge >= 0.3 is 0 Å². The second kappa shape index (κ2) is 20.3. The summed E-state index contributed by atoms with van der Waals surface area (Å²) in [6.07, 6.45) is 9.43. The minimum Gasteiger partial charge on any atom is -0.394 e. The van der Waals surface area contributed by atoms with Crippen LogP contribution in [0.1, 0.15) is 84.8 Å². The minimum absolute atomic E-state index is 0.0301. The third kappa shape index (κ3) is 9.49. The van der Waals surface area contributed by atoms with Gasteiger partial charge in [-0.25, -0.2) is 29.3 Å². The zero-order valence-corrected chi connectivity index (χ0v) is 42.0. The van der Waals surface area contributed by atoms with Gasteiger partial charge in [0.2, 0.25) is 0 Å². The second-order valence-electron chi connectivity index (χ2n) is 21.5. The third-order valence-corrected chi connectivity index (χ3v) is 16.8. The van der Waals surface area contributed by atoms with E-state index in [1.807, 2.05) is 41.7 Å². The van der Waals surface area contributed by atoms with E-state index in [1.54, 1.807) is 0 Å². The van der Waals surface area contributed by atoms with Crippen LogP contribution in [0, 0.1) is 19.8 Å². The smallest absolute Gasteiger partial charge is 0.159 e. The Hall–Kier alpha value is -5.18. The number of morpholine rings is 1. The molecule has 18 nitrogen and oxygen atoms in total. The highest BCUT2D eigenvalue weighted by molar-refractivity contribution is 5.83. The molecule has 12 rings (SSSR count). The zero-order valence-electron chi connectivity index (χ0n) is 42.0. The molecule has 4 aromatic heterocycles. The number of aromatic nitrogens is 8. The number of anilines is 2. The molecular weight excluding hydrogens is 913 g/mol. The summed E-state index contributed by atoms with van der Waals surface area (Å²) in [5, 5.41) is 43.2. The Balaban J connectivity index is 0.869. The lowest BCUT2D eigenvalue weighted by Crippen LogP contribution is -2.51. The molecule has 0 amide bonds. The summed E-state index contributed by atoms with van der Waals surface area (Å²) < 4.78 is 21.1. The highest BCUT2D eigenvalue weighted by Crippen LogP contribution is 2.38. The van der Waals surface area contributed by atoms with E-state index in [-0.39, 0.29) is 36.7 Å². The largest absolute Gasteiger partial charge is 0.394 e. The van der Waals surface area contributed by atoms with Gasteiger partial charge in [0.05, 0.1) is 80.8 Å². The van der Waals surface area contributed by atoms with E-state index >= 15 is 0 Å². The van der Waals surface area contributed by atoms with Gasteiger partial charge in [-0.15, -0.1) is 0 Å². The molecule has 382 valence electrons. The van der Waals surface area contributed by atoms with Crippen molar-refractivity contribution in [1.29, 1.82) is 0 Å². The van der Waals surface area contributed by atoms with Crippen LogP contribution in [0.15, 0.2) is 48.8 Å². The van der Waals surface area contributed by atoms with Crippen molar-refractivity contribution in [1.82, 2.24) is 49.3 Å². The molecule has 5 atom stereocenters.